The maximum atomic E-state index is 5.79. The number of benzene rings is 1. The average Bonchev–Trinajstić information content (AvgIpc) is 2.48. The van der Waals surface area contributed by atoms with Crippen LogP contribution in [-0.4, -0.2) is 48.3 Å². The average molecular weight is 269 g/mol. The van der Waals surface area contributed by atoms with Gasteiger partial charge in [-0.15, -0.1) is 10.2 Å². The third-order valence-corrected chi connectivity index (χ3v) is 3.66. The number of nitrogens with two attached hydrogens (primary N) is 1. The fourth-order valence-corrected chi connectivity index (χ4v) is 2.38. The fourth-order valence-electron chi connectivity index (χ4n) is 2.38. The van der Waals surface area contributed by atoms with Crippen LogP contribution in [0.1, 0.15) is 0 Å². The lowest BCUT2D eigenvalue weighted by Gasteiger charge is -2.32. The van der Waals surface area contributed by atoms with Gasteiger partial charge in [0, 0.05) is 37.4 Å². The minimum absolute atomic E-state index is 0.743. The van der Waals surface area contributed by atoms with Gasteiger partial charge in [0.05, 0.1) is 5.69 Å². The van der Waals surface area contributed by atoms with Gasteiger partial charge in [0.15, 0.2) is 5.82 Å². The Labute approximate surface area is 119 Å². The Bertz CT molecular complexity index is 573. The molecule has 2 heterocycles. The summed E-state index contributed by atoms with van der Waals surface area (Å²) in [5, 5.41) is 8.67. The van der Waals surface area contributed by atoms with Crippen LogP contribution < -0.4 is 10.6 Å². The third-order valence-electron chi connectivity index (χ3n) is 3.66. The molecular formula is C15H19N5. The minimum atomic E-state index is 0.743. The van der Waals surface area contributed by atoms with Crippen molar-refractivity contribution in [3.8, 4) is 11.3 Å². The zero-order valence-electron chi connectivity index (χ0n) is 11.7. The lowest BCUT2D eigenvalue weighted by atomic mass is 10.1. The van der Waals surface area contributed by atoms with Crippen molar-refractivity contribution in [1.82, 2.24) is 15.1 Å². The molecule has 2 N–H and O–H groups in total. The molecule has 0 atom stereocenters. The van der Waals surface area contributed by atoms with Gasteiger partial charge in [-0.05, 0) is 31.3 Å². The number of hydrogen-bond donors (Lipinski definition) is 1. The molecule has 0 spiro atoms. The Kier molecular flexibility index (Phi) is 3.52. The number of nitrogens with zero attached hydrogens (tertiary/aromatic N) is 4. The smallest absolute Gasteiger partial charge is 0.151 e. The summed E-state index contributed by atoms with van der Waals surface area (Å²) in [6.45, 7) is 4.14. The molecule has 0 unspecified atom stereocenters. The molecule has 0 amide bonds. The molecular weight excluding hydrogens is 250 g/mol. The van der Waals surface area contributed by atoms with Crippen molar-refractivity contribution in [2.24, 2.45) is 0 Å². The van der Waals surface area contributed by atoms with Crippen molar-refractivity contribution in [2.45, 2.75) is 0 Å². The van der Waals surface area contributed by atoms with E-state index in [0.29, 0.717) is 0 Å². The van der Waals surface area contributed by atoms with Gasteiger partial charge in [-0.2, -0.15) is 0 Å². The second-order valence-corrected chi connectivity index (χ2v) is 5.19. The maximum absolute atomic E-state index is 5.79. The largest absolute Gasteiger partial charge is 0.399 e. The first kappa shape index (κ1) is 12.9. The first-order valence-corrected chi connectivity index (χ1v) is 6.85. The molecule has 1 aliphatic rings. The first-order chi connectivity index (χ1) is 9.72. The summed E-state index contributed by atoms with van der Waals surface area (Å²) in [7, 11) is 2.14. The van der Waals surface area contributed by atoms with Gasteiger partial charge in [-0.25, -0.2) is 0 Å². The van der Waals surface area contributed by atoms with Crippen LogP contribution in [0, 0.1) is 0 Å². The molecule has 0 radical (unpaired) electrons. The Morgan fingerprint density at radius 3 is 2.45 bits per heavy atom. The van der Waals surface area contributed by atoms with Gasteiger partial charge in [-0.1, -0.05) is 12.1 Å². The Morgan fingerprint density at radius 1 is 1.00 bits per heavy atom. The molecule has 5 heteroatoms. The zero-order valence-corrected chi connectivity index (χ0v) is 11.7. The predicted molar refractivity (Wildman–Crippen MR) is 81.6 cm³/mol. The summed E-state index contributed by atoms with van der Waals surface area (Å²) in [4.78, 5) is 4.60. The second-order valence-electron chi connectivity index (χ2n) is 5.19. The van der Waals surface area contributed by atoms with E-state index in [2.05, 4.69) is 27.0 Å². The van der Waals surface area contributed by atoms with E-state index in [0.717, 1.165) is 48.9 Å². The fraction of sp³-hybridized carbons (Fsp3) is 0.333. The van der Waals surface area contributed by atoms with Gasteiger partial charge in [-0.3, -0.25) is 0 Å². The summed E-state index contributed by atoms with van der Waals surface area (Å²) < 4.78 is 0. The summed E-state index contributed by atoms with van der Waals surface area (Å²) >= 11 is 0. The van der Waals surface area contributed by atoms with Crippen LogP contribution in [0.2, 0.25) is 0 Å². The van der Waals surface area contributed by atoms with Crippen LogP contribution in [0.25, 0.3) is 11.3 Å². The Hall–Kier alpha value is -2.14. The van der Waals surface area contributed by atoms with Crippen LogP contribution >= 0.6 is 0 Å². The van der Waals surface area contributed by atoms with E-state index >= 15 is 0 Å². The molecule has 104 valence electrons. The number of aromatic nitrogens is 2. The molecule has 0 saturated carbocycles. The van der Waals surface area contributed by atoms with Gasteiger partial charge in [0.1, 0.15) is 0 Å². The summed E-state index contributed by atoms with van der Waals surface area (Å²) in [6, 6.07) is 11.8. The van der Waals surface area contributed by atoms with Crippen molar-refractivity contribution in [3.05, 3.63) is 36.4 Å². The van der Waals surface area contributed by atoms with Crippen LogP contribution in [0.4, 0.5) is 11.5 Å². The van der Waals surface area contributed by atoms with Gasteiger partial charge in [0.2, 0.25) is 0 Å². The monoisotopic (exact) mass is 269 g/mol. The highest BCUT2D eigenvalue weighted by molar-refractivity contribution is 5.64. The highest BCUT2D eigenvalue weighted by Crippen LogP contribution is 2.20. The Morgan fingerprint density at radius 2 is 1.80 bits per heavy atom. The number of rotatable bonds is 2. The normalized spacial score (nSPS) is 16.4. The van der Waals surface area contributed by atoms with Crippen molar-refractivity contribution in [1.29, 1.82) is 0 Å². The summed E-state index contributed by atoms with van der Waals surface area (Å²) in [6.07, 6.45) is 0. The lowest BCUT2D eigenvalue weighted by molar-refractivity contribution is 0.312. The maximum Gasteiger partial charge on any atom is 0.151 e. The summed E-state index contributed by atoms with van der Waals surface area (Å²) in [5.74, 6) is 0.950. The highest BCUT2D eigenvalue weighted by atomic mass is 15.3. The van der Waals surface area contributed by atoms with Crippen LogP contribution in [-0.2, 0) is 0 Å². The quantitative estimate of drug-likeness (QED) is 0.837. The molecule has 0 bridgehead atoms. The van der Waals surface area contributed by atoms with Crippen LogP contribution in [0.15, 0.2) is 36.4 Å². The standard InChI is InChI=1S/C15H19N5/c1-19-7-9-20(10-8-19)15-6-5-14(17-18-15)12-3-2-4-13(16)11-12/h2-6,11H,7-10,16H2,1H3. The Balaban J connectivity index is 1.78. The van der Waals surface area contributed by atoms with E-state index in [4.69, 9.17) is 5.73 Å². The topological polar surface area (TPSA) is 58.3 Å². The van der Waals surface area contributed by atoms with E-state index in [-0.39, 0.29) is 0 Å². The number of anilines is 2. The third kappa shape index (κ3) is 2.72. The zero-order chi connectivity index (χ0) is 13.9. The molecule has 5 nitrogen and oxygen atoms in total. The van der Waals surface area contributed by atoms with Gasteiger partial charge >= 0.3 is 0 Å². The molecule has 3 rings (SSSR count). The van der Waals surface area contributed by atoms with E-state index in [1.54, 1.807) is 0 Å². The number of piperazine rings is 1. The van der Waals surface area contributed by atoms with Crippen LogP contribution in [0.3, 0.4) is 0 Å². The second kappa shape index (κ2) is 5.46. The van der Waals surface area contributed by atoms with E-state index < -0.39 is 0 Å². The van der Waals surface area contributed by atoms with Crippen molar-refractivity contribution in [2.75, 3.05) is 43.9 Å². The SMILES string of the molecule is CN1CCN(c2ccc(-c3cccc(N)c3)nn2)CC1. The molecule has 20 heavy (non-hydrogen) atoms. The predicted octanol–water partition coefficient (Wildman–Crippen LogP) is 1.48. The molecule has 1 fully saturated rings. The van der Waals surface area contributed by atoms with E-state index in [1.165, 1.54) is 0 Å². The molecule has 0 aliphatic carbocycles. The molecule has 1 aromatic carbocycles. The lowest BCUT2D eigenvalue weighted by Crippen LogP contribution is -2.44. The van der Waals surface area contributed by atoms with Crippen molar-refractivity contribution >= 4 is 11.5 Å². The first-order valence-electron chi connectivity index (χ1n) is 6.85. The van der Waals surface area contributed by atoms with E-state index in [9.17, 15) is 0 Å². The number of hydrogen-bond acceptors (Lipinski definition) is 5. The van der Waals surface area contributed by atoms with Crippen molar-refractivity contribution < 1.29 is 0 Å². The summed E-state index contributed by atoms with van der Waals surface area (Å²) in [5.41, 5.74) is 8.40. The number of likely N-dealkylation sites (N-methyl/N-ethyl adjacent to an activating group) is 1. The highest BCUT2D eigenvalue weighted by Gasteiger charge is 2.15. The molecule has 1 saturated heterocycles. The molecule has 2 aromatic rings. The van der Waals surface area contributed by atoms with Gasteiger partial charge < -0.3 is 15.5 Å². The van der Waals surface area contributed by atoms with Gasteiger partial charge in [0.25, 0.3) is 0 Å². The minimum Gasteiger partial charge on any atom is -0.399 e. The van der Waals surface area contributed by atoms with Crippen LogP contribution in [0.5, 0.6) is 0 Å². The van der Waals surface area contributed by atoms with E-state index in [1.807, 2.05) is 36.4 Å². The molecule has 1 aromatic heterocycles. The molecule has 1 aliphatic heterocycles. The van der Waals surface area contributed by atoms with Crippen molar-refractivity contribution in [3.63, 3.8) is 0 Å². The number of nitrogen functional groups attached to an aromatic ring is 1.